The first-order chi connectivity index (χ1) is 23.4. The zero-order chi connectivity index (χ0) is 33.1. The van der Waals surface area contributed by atoms with Gasteiger partial charge >= 0.3 is 0 Å². The second-order valence-corrected chi connectivity index (χ2v) is 14.9. The van der Waals surface area contributed by atoms with E-state index in [4.69, 9.17) is 0 Å². The molecule has 6 aromatic rings. The van der Waals surface area contributed by atoms with Gasteiger partial charge in [0.25, 0.3) is 0 Å². The van der Waals surface area contributed by atoms with E-state index in [1.165, 1.54) is 41.5 Å². The molecule has 7 rings (SSSR count). The molecule has 0 aromatic heterocycles. The topological polar surface area (TPSA) is 6.48 Å². The zero-order valence-corrected chi connectivity index (χ0v) is 30.7. The van der Waals surface area contributed by atoms with Gasteiger partial charge in [0.15, 0.2) is 0 Å². The molecule has 0 saturated heterocycles. The fourth-order valence-electron chi connectivity index (χ4n) is 7.22. The van der Waals surface area contributed by atoms with Crippen LogP contribution in [0.4, 0.5) is 34.1 Å². The molecule has 2 nitrogen and oxygen atoms in total. The van der Waals surface area contributed by atoms with Crippen molar-refractivity contribution >= 4 is 66.0 Å². The molecule has 0 heterocycles. The number of hydrogen-bond donors (Lipinski definition) is 0. The van der Waals surface area contributed by atoms with E-state index in [0.29, 0.717) is 0 Å². The molecule has 0 radical (unpaired) electrons. The van der Waals surface area contributed by atoms with Gasteiger partial charge in [0.05, 0.1) is 0 Å². The number of anilines is 6. The van der Waals surface area contributed by atoms with Crippen LogP contribution in [0, 0.1) is 13.8 Å². The molecule has 0 amide bonds. The molecular weight excluding hydrogens is 716 g/mol. The molecule has 0 spiro atoms. The van der Waals surface area contributed by atoms with E-state index in [9.17, 15) is 0 Å². The number of benzene rings is 6. The van der Waals surface area contributed by atoms with Crippen LogP contribution in [0.1, 0.15) is 54.4 Å². The third-order valence-electron chi connectivity index (χ3n) is 9.82. The van der Waals surface area contributed by atoms with Crippen molar-refractivity contribution in [3.63, 3.8) is 0 Å². The van der Waals surface area contributed by atoms with Crippen molar-refractivity contribution in [2.45, 2.75) is 51.4 Å². The summed E-state index contributed by atoms with van der Waals surface area (Å²) >= 11 is 7.23. The minimum Gasteiger partial charge on any atom is -0.311 e. The Bertz CT molecular complexity index is 1710. The molecular formula is C44H40Br2N2. The summed E-state index contributed by atoms with van der Waals surface area (Å²) in [6.07, 6.45) is 6.11. The minimum absolute atomic E-state index is 0.00604. The Hall–Kier alpha value is -4.12. The van der Waals surface area contributed by atoms with Gasteiger partial charge in [-0.25, -0.2) is 0 Å². The lowest BCUT2D eigenvalue weighted by Crippen LogP contribution is -2.30. The molecule has 4 heteroatoms. The number of halogens is 2. The van der Waals surface area contributed by atoms with Gasteiger partial charge in [0, 0.05) is 48.5 Å². The van der Waals surface area contributed by atoms with Gasteiger partial charge in [-0.2, -0.15) is 0 Å². The van der Waals surface area contributed by atoms with Crippen LogP contribution >= 0.6 is 31.9 Å². The van der Waals surface area contributed by atoms with Crippen molar-refractivity contribution in [2.75, 3.05) is 9.80 Å². The summed E-state index contributed by atoms with van der Waals surface area (Å²) in [6, 6.07) is 53.6. The fourth-order valence-corrected chi connectivity index (χ4v) is 7.75. The Labute approximate surface area is 302 Å². The van der Waals surface area contributed by atoms with Crippen LogP contribution in [0.2, 0.25) is 0 Å². The normalized spacial score (nSPS) is 14.0. The van der Waals surface area contributed by atoms with Crippen LogP contribution in [0.3, 0.4) is 0 Å². The average molecular weight is 757 g/mol. The van der Waals surface area contributed by atoms with Crippen LogP contribution in [0.15, 0.2) is 155 Å². The summed E-state index contributed by atoms with van der Waals surface area (Å²) in [5.41, 5.74) is 12.2. The maximum Gasteiger partial charge on any atom is 0.0462 e. The first kappa shape index (κ1) is 32.4. The van der Waals surface area contributed by atoms with Gasteiger partial charge in [-0.05, 0) is 135 Å². The summed E-state index contributed by atoms with van der Waals surface area (Å²) in [5.74, 6) is 0. The standard InChI is InChI=1S/C44H40Br2N2/c1-32-6-18-38(19-7-32)47(42-26-14-36(45)15-27-42)40-22-10-34(11-23-40)44(30-4-3-5-31-44)35-12-24-41(25-13-35)48(39-20-8-33(2)9-21-39)43-28-16-37(46)17-29-43/h6-29H,3-5,30-31H2,1-2H3. The summed E-state index contributed by atoms with van der Waals surface area (Å²) in [4.78, 5) is 4.69. The molecule has 48 heavy (non-hydrogen) atoms. The van der Waals surface area contributed by atoms with Gasteiger partial charge in [0.2, 0.25) is 0 Å². The van der Waals surface area contributed by atoms with Crippen molar-refractivity contribution in [3.8, 4) is 0 Å². The molecule has 1 aliphatic rings. The molecule has 0 unspecified atom stereocenters. The zero-order valence-electron chi connectivity index (χ0n) is 27.5. The predicted octanol–water partition coefficient (Wildman–Crippen LogP) is 14.0. The maximum atomic E-state index is 3.62. The Morgan fingerprint density at radius 1 is 0.375 bits per heavy atom. The Morgan fingerprint density at radius 2 is 0.646 bits per heavy atom. The van der Waals surface area contributed by atoms with E-state index < -0.39 is 0 Å². The number of hydrogen-bond acceptors (Lipinski definition) is 2. The monoisotopic (exact) mass is 754 g/mol. The van der Waals surface area contributed by atoms with Gasteiger partial charge in [-0.1, -0.05) is 111 Å². The summed E-state index contributed by atoms with van der Waals surface area (Å²) < 4.78 is 2.16. The van der Waals surface area contributed by atoms with Crippen LogP contribution in [0.5, 0.6) is 0 Å². The van der Waals surface area contributed by atoms with Gasteiger partial charge < -0.3 is 9.80 Å². The summed E-state index contributed by atoms with van der Waals surface area (Å²) in [7, 11) is 0. The van der Waals surface area contributed by atoms with E-state index in [1.807, 2.05) is 0 Å². The van der Waals surface area contributed by atoms with E-state index in [-0.39, 0.29) is 5.41 Å². The average Bonchev–Trinajstić information content (AvgIpc) is 3.13. The predicted molar refractivity (Wildman–Crippen MR) is 211 cm³/mol. The molecule has 1 fully saturated rings. The fraction of sp³-hybridized carbons (Fsp3) is 0.182. The number of aryl methyl sites for hydroxylation is 2. The lowest BCUT2D eigenvalue weighted by molar-refractivity contribution is 0.346. The lowest BCUT2D eigenvalue weighted by atomic mass is 9.65. The molecule has 240 valence electrons. The number of nitrogens with zero attached hydrogens (tertiary/aromatic N) is 2. The second kappa shape index (κ2) is 14.2. The third kappa shape index (κ3) is 6.74. The number of rotatable bonds is 8. The minimum atomic E-state index is -0.00604. The van der Waals surface area contributed by atoms with Crippen LogP contribution in [-0.2, 0) is 5.41 Å². The van der Waals surface area contributed by atoms with Crippen molar-refractivity contribution in [3.05, 3.63) is 177 Å². The van der Waals surface area contributed by atoms with Crippen LogP contribution < -0.4 is 9.80 Å². The second-order valence-electron chi connectivity index (χ2n) is 13.0. The molecule has 0 bridgehead atoms. The van der Waals surface area contributed by atoms with Crippen molar-refractivity contribution in [2.24, 2.45) is 0 Å². The van der Waals surface area contributed by atoms with Gasteiger partial charge in [-0.15, -0.1) is 0 Å². The Morgan fingerprint density at radius 3 is 0.958 bits per heavy atom. The van der Waals surface area contributed by atoms with Gasteiger partial charge in [0.1, 0.15) is 0 Å². The molecule has 0 atom stereocenters. The van der Waals surface area contributed by atoms with Crippen LogP contribution in [-0.4, -0.2) is 0 Å². The van der Waals surface area contributed by atoms with E-state index in [0.717, 1.165) is 55.9 Å². The lowest BCUT2D eigenvalue weighted by Gasteiger charge is -2.39. The molecule has 0 aliphatic heterocycles. The highest BCUT2D eigenvalue weighted by molar-refractivity contribution is 9.10. The SMILES string of the molecule is Cc1ccc(N(c2ccc(Br)cc2)c2ccc(C3(c4ccc(N(c5ccc(C)cc5)c5ccc(Br)cc5)cc4)CCCCC3)cc2)cc1. The third-order valence-corrected chi connectivity index (χ3v) is 10.9. The highest BCUT2D eigenvalue weighted by Crippen LogP contribution is 2.47. The quantitative estimate of drug-likeness (QED) is 0.153. The molecule has 1 aliphatic carbocycles. The molecule has 0 N–H and O–H groups in total. The van der Waals surface area contributed by atoms with Gasteiger partial charge in [-0.3, -0.25) is 0 Å². The first-order valence-corrected chi connectivity index (χ1v) is 18.4. The summed E-state index contributed by atoms with van der Waals surface area (Å²) in [5, 5.41) is 0. The van der Waals surface area contributed by atoms with E-state index >= 15 is 0 Å². The van der Waals surface area contributed by atoms with E-state index in [2.05, 4.69) is 201 Å². The largest absolute Gasteiger partial charge is 0.311 e. The highest BCUT2D eigenvalue weighted by Gasteiger charge is 2.36. The van der Waals surface area contributed by atoms with Crippen molar-refractivity contribution in [1.82, 2.24) is 0 Å². The van der Waals surface area contributed by atoms with Crippen molar-refractivity contribution < 1.29 is 0 Å². The molecule has 1 saturated carbocycles. The summed E-state index contributed by atoms with van der Waals surface area (Å²) in [6.45, 7) is 4.28. The first-order valence-electron chi connectivity index (χ1n) is 16.9. The Kier molecular flexibility index (Phi) is 9.57. The highest BCUT2D eigenvalue weighted by atomic mass is 79.9. The van der Waals surface area contributed by atoms with E-state index in [1.54, 1.807) is 0 Å². The van der Waals surface area contributed by atoms with Crippen molar-refractivity contribution in [1.29, 1.82) is 0 Å². The molecule has 6 aromatic carbocycles. The van der Waals surface area contributed by atoms with Crippen LogP contribution in [0.25, 0.3) is 0 Å². The Balaban J connectivity index is 1.25. The smallest absolute Gasteiger partial charge is 0.0462 e. The maximum absolute atomic E-state index is 3.62.